The Balaban J connectivity index is 2.41. The molecule has 18 heavy (non-hydrogen) atoms. The first-order chi connectivity index (χ1) is 8.77. The molecule has 92 valence electrons. The summed E-state index contributed by atoms with van der Waals surface area (Å²) in [6.45, 7) is 2.61. The normalized spacial score (nSPS) is 11.4. The Bertz CT molecular complexity index is 427. The zero-order valence-electron chi connectivity index (χ0n) is 10.3. The molecule has 0 spiro atoms. The van der Waals surface area contributed by atoms with E-state index < -0.39 is 0 Å². The fraction of sp³-hybridized carbons (Fsp3) is 0.188. The van der Waals surface area contributed by atoms with Gasteiger partial charge >= 0.3 is 0 Å². The lowest BCUT2D eigenvalue weighted by Crippen LogP contribution is -2.29. The van der Waals surface area contributed by atoms with Crippen molar-refractivity contribution in [2.45, 2.75) is 12.3 Å². The van der Waals surface area contributed by atoms with Gasteiger partial charge in [0.15, 0.2) is 0 Å². The molecule has 0 bridgehead atoms. The number of halogens is 1. The van der Waals surface area contributed by atoms with Gasteiger partial charge in [-0.25, -0.2) is 0 Å². The Labute approximate surface area is 113 Å². The molecule has 0 saturated heterocycles. The van der Waals surface area contributed by atoms with Gasteiger partial charge in [-0.2, -0.15) is 0 Å². The van der Waals surface area contributed by atoms with Crippen LogP contribution in [0.2, 0.25) is 0 Å². The zero-order valence-corrected chi connectivity index (χ0v) is 11.0. The minimum absolute atomic E-state index is 0.232. The van der Waals surface area contributed by atoms with Gasteiger partial charge in [0.05, 0.1) is 6.61 Å². The van der Waals surface area contributed by atoms with Crippen molar-refractivity contribution >= 4 is 11.6 Å². The van der Waals surface area contributed by atoms with E-state index in [1.807, 2.05) is 36.4 Å². The summed E-state index contributed by atoms with van der Waals surface area (Å²) >= 11 is 5.41. The van der Waals surface area contributed by atoms with Crippen molar-refractivity contribution in [1.82, 2.24) is 0 Å². The van der Waals surface area contributed by atoms with E-state index in [0.29, 0.717) is 6.61 Å². The number of ether oxygens (including phenoxy) is 1. The van der Waals surface area contributed by atoms with E-state index in [0.717, 1.165) is 0 Å². The first-order valence-electron chi connectivity index (χ1n) is 5.86. The lowest BCUT2D eigenvalue weighted by Gasteiger charge is -2.30. The molecule has 1 nitrogen and oxygen atoms in total. The van der Waals surface area contributed by atoms with Crippen LogP contribution in [0, 0.1) is 6.07 Å². The molecule has 0 aromatic heterocycles. The van der Waals surface area contributed by atoms with E-state index >= 15 is 0 Å². The van der Waals surface area contributed by atoms with Crippen LogP contribution in [-0.4, -0.2) is 6.61 Å². The summed E-state index contributed by atoms with van der Waals surface area (Å²) in [6, 6.07) is 22.8. The Morgan fingerprint density at radius 1 is 0.944 bits per heavy atom. The number of hydrogen-bond acceptors (Lipinski definition) is 1. The van der Waals surface area contributed by atoms with Gasteiger partial charge < -0.3 is 4.74 Å². The third-order valence-electron chi connectivity index (χ3n) is 3.24. The molecule has 0 N–H and O–H groups in total. The predicted octanol–water partition coefficient (Wildman–Crippen LogP) is 4.24. The molecule has 2 rings (SSSR count). The van der Waals surface area contributed by atoms with Crippen LogP contribution in [0.25, 0.3) is 0 Å². The highest BCUT2D eigenvalue weighted by molar-refractivity contribution is 6.22. The maximum Gasteiger partial charge on any atom is 0.236 e. The van der Waals surface area contributed by atoms with Gasteiger partial charge in [0.25, 0.3) is 0 Å². The average Bonchev–Trinajstić information content (AvgIpc) is 2.46. The molecule has 0 fully saturated rings. The van der Waals surface area contributed by atoms with Crippen LogP contribution in [0.4, 0.5) is 0 Å². The molecule has 0 aliphatic carbocycles. The van der Waals surface area contributed by atoms with Crippen molar-refractivity contribution in [3.63, 3.8) is 0 Å². The standard InChI is InChI=1S/C16H15ClO/c1-16(12-18-13-17,14-8-4-2-5-9-14)15-10-6-3-7-11-15/h2-11H,12H2,1H3. The first kappa shape index (κ1) is 13.1. The van der Waals surface area contributed by atoms with Crippen LogP contribution in [0.15, 0.2) is 60.7 Å². The zero-order chi connectivity index (χ0) is 12.8. The van der Waals surface area contributed by atoms with Gasteiger partial charge in [-0.05, 0) is 18.1 Å². The largest absolute Gasteiger partial charge is 0.350 e. The first-order valence-corrected chi connectivity index (χ1v) is 6.23. The molecular weight excluding hydrogens is 244 g/mol. The molecule has 0 heterocycles. The summed E-state index contributed by atoms with van der Waals surface area (Å²) in [5, 5.41) is 0. The predicted molar refractivity (Wildman–Crippen MR) is 74.4 cm³/mol. The molecule has 2 aromatic carbocycles. The Morgan fingerprint density at radius 2 is 1.39 bits per heavy atom. The highest BCUT2D eigenvalue weighted by Gasteiger charge is 2.29. The number of benzene rings is 2. The molecule has 0 amide bonds. The topological polar surface area (TPSA) is 9.23 Å². The molecule has 2 radical (unpaired) electrons. The van der Waals surface area contributed by atoms with Crippen LogP contribution in [-0.2, 0) is 10.2 Å². The van der Waals surface area contributed by atoms with Crippen LogP contribution < -0.4 is 0 Å². The van der Waals surface area contributed by atoms with E-state index in [1.165, 1.54) is 11.1 Å². The summed E-state index contributed by atoms with van der Waals surface area (Å²) in [4.78, 5) is 0. The number of rotatable bonds is 5. The second-order valence-corrected chi connectivity index (χ2v) is 4.58. The van der Waals surface area contributed by atoms with Crippen molar-refractivity contribution in [3.8, 4) is 0 Å². The Morgan fingerprint density at radius 3 is 1.78 bits per heavy atom. The molecule has 0 unspecified atom stereocenters. The lowest BCUT2D eigenvalue weighted by atomic mass is 9.77. The Hall–Kier alpha value is -1.31. The van der Waals surface area contributed by atoms with Crippen molar-refractivity contribution in [1.29, 1.82) is 0 Å². The van der Waals surface area contributed by atoms with Gasteiger partial charge in [0.2, 0.25) is 6.07 Å². The van der Waals surface area contributed by atoms with E-state index in [4.69, 9.17) is 16.3 Å². The SMILES string of the molecule is CC(CO[C]Cl)(c1ccccc1)c1ccccc1. The van der Waals surface area contributed by atoms with Gasteiger partial charge in [-0.1, -0.05) is 72.3 Å². The Kier molecular flexibility index (Phi) is 4.40. The third kappa shape index (κ3) is 2.74. The van der Waals surface area contributed by atoms with Gasteiger partial charge in [0.1, 0.15) is 0 Å². The molecular formula is C16H15ClO. The molecule has 0 aliphatic heterocycles. The third-order valence-corrected chi connectivity index (χ3v) is 3.35. The summed E-state index contributed by atoms with van der Waals surface area (Å²) in [5.41, 5.74) is 2.16. The van der Waals surface area contributed by atoms with Crippen molar-refractivity contribution < 1.29 is 4.74 Å². The number of hydrogen-bond donors (Lipinski definition) is 0. The van der Waals surface area contributed by atoms with Crippen molar-refractivity contribution in [3.05, 3.63) is 77.9 Å². The monoisotopic (exact) mass is 258 g/mol. The van der Waals surface area contributed by atoms with Crippen LogP contribution in [0.3, 0.4) is 0 Å². The van der Waals surface area contributed by atoms with E-state index in [-0.39, 0.29) is 5.41 Å². The molecule has 0 atom stereocenters. The lowest BCUT2D eigenvalue weighted by molar-refractivity contribution is 0.180. The summed E-state index contributed by atoms with van der Waals surface area (Å²) in [6.07, 6.45) is 0. The minimum Gasteiger partial charge on any atom is -0.350 e. The second kappa shape index (κ2) is 6.03. The van der Waals surface area contributed by atoms with E-state index in [9.17, 15) is 0 Å². The van der Waals surface area contributed by atoms with Gasteiger partial charge in [-0.3, -0.25) is 0 Å². The summed E-state index contributed by atoms with van der Waals surface area (Å²) in [7, 11) is 0. The summed E-state index contributed by atoms with van der Waals surface area (Å²) in [5.74, 6) is 0. The van der Waals surface area contributed by atoms with E-state index in [2.05, 4.69) is 37.3 Å². The molecule has 2 heteroatoms. The fourth-order valence-electron chi connectivity index (χ4n) is 2.12. The quantitative estimate of drug-likeness (QED) is 0.779. The minimum atomic E-state index is -0.232. The smallest absolute Gasteiger partial charge is 0.236 e. The average molecular weight is 259 g/mol. The fourth-order valence-corrected chi connectivity index (χ4v) is 2.17. The second-order valence-electron chi connectivity index (χ2n) is 4.43. The summed E-state index contributed by atoms with van der Waals surface area (Å²) < 4.78 is 5.22. The maximum absolute atomic E-state index is 5.41. The molecule has 2 aromatic rings. The highest BCUT2D eigenvalue weighted by atomic mass is 35.5. The van der Waals surface area contributed by atoms with Gasteiger partial charge in [-0.15, -0.1) is 0 Å². The van der Waals surface area contributed by atoms with Crippen LogP contribution in [0.5, 0.6) is 0 Å². The van der Waals surface area contributed by atoms with Crippen molar-refractivity contribution in [2.75, 3.05) is 6.61 Å². The molecule has 0 saturated carbocycles. The van der Waals surface area contributed by atoms with E-state index in [1.54, 1.807) is 0 Å². The van der Waals surface area contributed by atoms with Crippen LogP contribution in [0.1, 0.15) is 18.1 Å². The van der Waals surface area contributed by atoms with Gasteiger partial charge in [0, 0.05) is 5.41 Å². The van der Waals surface area contributed by atoms with Crippen molar-refractivity contribution in [2.24, 2.45) is 0 Å². The van der Waals surface area contributed by atoms with Crippen LogP contribution >= 0.6 is 11.6 Å². The molecule has 0 aliphatic rings. The highest BCUT2D eigenvalue weighted by Crippen LogP contribution is 2.32. The maximum atomic E-state index is 5.41.